The molecule has 2 amide bonds. The minimum Gasteiger partial charge on any atom is -0.376 e. The third-order valence-electron chi connectivity index (χ3n) is 2.91. The normalized spacial score (nSPS) is 17.1. The van der Waals surface area contributed by atoms with Gasteiger partial charge in [0, 0.05) is 18.8 Å². The highest BCUT2D eigenvalue weighted by atomic mass is 32.1. The lowest BCUT2D eigenvalue weighted by atomic mass is 10.2. The number of thiocarbonyl (C=S) groups is 1. The molecule has 1 aromatic rings. The van der Waals surface area contributed by atoms with Crippen molar-refractivity contribution in [3.8, 4) is 0 Å². The molecule has 0 aromatic heterocycles. The van der Waals surface area contributed by atoms with E-state index in [0.717, 1.165) is 19.4 Å². The number of amides is 2. The first-order valence-electron chi connectivity index (χ1n) is 6.61. The maximum absolute atomic E-state index is 12.7. The summed E-state index contributed by atoms with van der Waals surface area (Å²) in [6.45, 7) is 1.39. The van der Waals surface area contributed by atoms with E-state index in [1.54, 1.807) is 0 Å². The Balaban J connectivity index is 1.63. The number of nitrogens with one attached hydrogen (secondary N) is 4. The third-order valence-corrected chi connectivity index (χ3v) is 3.15. The first-order valence-corrected chi connectivity index (χ1v) is 7.02. The highest BCUT2D eigenvalue weighted by molar-refractivity contribution is 7.80. The van der Waals surface area contributed by atoms with E-state index in [0.29, 0.717) is 17.3 Å². The lowest BCUT2D eigenvalue weighted by Gasteiger charge is -2.14. The molecular formula is C13H17FN4O2S. The van der Waals surface area contributed by atoms with Crippen molar-refractivity contribution >= 4 is 29.0 Å². The average Bonchev–Trinajstić information content (AvgIpc) is 2.99. The van der Waals surface area contributed by atoms with Crippen molar-refractivity contribution in [2.24, 2.45) is 0 Å². The Morgan fingerprint density at radius 3 is 2.76 bits per heavy atom. The van der Waals surface area contributed by atoms with E-state index in [1.807, 2.05) is 0 Å². The van der Waals surface area contributed by atoms with Gasteiger partial charge in [-0.3, -0.25) is 5.43 Å². The van der Waals surface area contributed by atoms with Crippen molar-refractivity contribution in [2.45, 2.75) is 18.9 Å². The molecule has 114 valence electrons. The van der Waals surface area contributed by atoms with E-state index in [2.05, 4.69) is 21.5 Å². The number of urea groups is 1. The maximum atomic E-state index is 12.7. The maximum Gasteiger partial charge on any atom is 0.337 e. The summed E-state index contributed by atoms with van der Waals surface area (Å²) in [5.74, 6) is -0.362. The van der Waals surface area contributed by atoms with Gasteiger partial charge in [0.15, 0.2) is 5.11 Å². The number of rotatable bonds is 3. The summed E-state index contributed by atoms with van der Waals surface area (Å²) in [4.78, 5) is 11.6. The SMILES string of the molecule is O=C(NNC(=S)NC[C@H]1CCCO1)Nc1ccc(F)cc1. The van der Waals surface area contributed by atoms with Gasteiger partial charge in [0.2, 0.25) is 0 Å². The first kappa shape index (κ1) is 15.5. The number of halogens is 1. The molecule has 1 aliphatic heterocycles. The monoisotopic (exact) mass is 312 g/mol. The second-order valence-electron chi connectivity index (χ2n) is 4.56. The van der Waals surface area contributed by atoms with Gasteiger partial charge in [-0.1, -0.05) is 0 Å². The second kappa shape index (κ2) is 7.75. The van der Waals surface area contributed by atoms with Crippen LogP contribution in [0.4, 0.5) is 14.9 Å². The smallest absolute Gasteiger partial charge is 0.337 e. The fraction of sp³-hybridized carbons (Fsp3) is 0.385. The van der Waals surface area contributed by atoms with Crippen LogP contribution >= 0.6 is 12.2 Å². The molecule has 6 nitrogen and oxygen atoms in total. The van der Waals surface area contributed by atoms with Crippen LogP contribution in [0.1, 0.15) is 12.8 Å². The Hall–Kier alpha value is -1.93. The van der Waals surface area contributed by atoms with Crippen molar-refractivity contribution in [2.75, 3.05) is 18.5 Å². The molecule has 0 spiro atoms. The van der Waals surface area contributed by atoms with Crippen molar-refractivity contribution in [1.29, 1.82) is 0 Å². The summed E-state index contributed by atoms with van der Waals surface area (Å²) in [6.07, 6.45) is 2.23. The fourth-order valence-corrected chi connectivity index (χ4v) is 2.00. The van der Waals surface area contributed by atoms with Gasteiger partial charge < -0.3 is 15.4 Å². The Bertz CT molecular complexity index is 491. The van der Waals surface area contributed by atoms with E-state index < -0.39 is 6.03 Å². The van der Waals surface area contributed by atoms with Crippen LogP contribution in [0.15, 0.2) is 24.3 Å². The Morgan fingerprint density at radius 2 is 2.10 bits per heavy atom. The van der Waals surface area contributed by atoms with Crippen LogP contribution in [0.2, 0.25) is 0 Å². The van der Waals surface area contributed by atoms with E-state index >= 15 is 0 Å². The molecule has 0 saturated carbocycles. The fourth-order valence-electron chi connectivity index (χ4n) is 1.87. The lowest BCUT2D eigenvalue weighted by Crippen LogP contribution is -2.49. The molecule has 0 radical (unpaired) electrons. The molecule has 0 unspecified atom stereocenters. The molecule has 8 heteroatoms. The van der Waals surface area contributed by atoms with Crippen LogP contribution in [-0.4, -0.2) is 30.4 Å². The number of hydrazine groups is 1. The summed E-state index contributed by atoms with van der Waals surface area (Å²) in [7, 11) is 0. The first-order chi connectivity index (χ1) is 10.1. The lowest BCUT2D eigenvalue weighted by molar-refractivity contribution is 0.114. The predicted molar refractivity (Wildman–Crippen MR) is 81.3 cm³/mol. The largest absolute Gasteiger partial charge is 0.376 e. The number of anilines is 1. The summed E-state index contributed by atoms with van der Waals surface area (Å²) < 4.78 is 18.2. The molecular weight excluding hydrogens is 295 g/mol. The average molecular weight is 312 g/mol. The molecule has 1 aromatic carbocycles. The van der Waals surface area contributed by atoms with Gasteiger partial charge in [-0.2, -0.15) is 0 Å². The zero-order valence-corrected chi connectivity index (χ0v) is 12.1. The van der Waals surface area contributed by atoms with Gasteiger partial charge in [0.1, 0.15) is 5.82 Å². The zero-order chi connectivity index (χ0) is 15.1. The van der Waals surface area contributed by atoms with Gasteiger partial charge in [-0.05, 0) is 49.3 Å². The van der Waals surface area contributed by atoms with Crippen LogP contribution in [0, 0.1) is 5.82 Å². The van der Waals surface area contributed by atoms with Gasteiger partial charge in [0.05, 0.1) is 6.10 Å². The van der Waals surface area contributed by atoms with Crippen molar-refractivity contribution in [1.82, 2.24) is 16.2 Å². The summed E-state index contributed by atoms with van der Waals surface area (Å²) in [6, 6.07) is 4.95. The molecule has 4 N–H and O–H groups in total. The Morgan fingerprint density at radius 1 is 1.33 bits per heavy atom. The number of carbonyl (C=O) groups excluding carboxylic acids is 1. The van der Waals surface area contributed by atoms with Gasteiger partial charge in [-0.25, -0.2) is 14.6 Å². The molecule has 1 atom stereocenters. The quantitative estimate of drug-likeness (QED) is 0.503. The molecule has 1 heterocycles. The standard InChI is InChI=1S/C13H17FN4O2S/c14-9-3-5-10(6-4-9)16-12(19)17-18-13(21)15-8-11-2-1-7-20-11/h3-6,11H,1-2,7-8H2,(H2,15,18,21)(H2,16,17,19)/t11-/m1/s1. The summed E-state index contributed by atoms with van der Waals surface area (Å²) >= 11 is 5.02. The second-order valence-corrected chi connectivity index (χ2v) is 4.96. The van der Waals surface area contributed by atoms with Crippen LogP contribution in [0.3, 0.4) is 0 Å². The van der Waals surface area contributed by atoms with Crippen molar-refractivity contribution in [3.05, 3.63) is 30.1 Å². The predicted octanol–water partition coefficient (Wildman–Crippen LogP) is 1.51. The summed E-state index contributed by atoms with van der Waals surface area (Å²) in [5.41, 5.74) is 5.43. The minimum absolute atomic E-state index is 0.165. The third kappa shape index (κ3) is 5.52. The van der Waals surface area contributed by atoms with Crippen LogP contribution in [0.25, 0.3) is 0 Å². The van der Waals surface area contributed by atoms with Gasteiger partial charge >= 0.3 is 6.03 Å². The number of hydrogen-bond donors (Lipinski definition) is 4. The molecule has 0 aliphatic carbocycles. The molecule has 1 aliphatic rings. The summed E-state index contributed by atoms with van der Waals surface area (Å²) in [5, 5.41) is 5.79. The Kier molecular flexibility index (Phi) is 5.70. The zero-order valence-electron chi connectivity index (χ0n) is 11.3. The van der Waals surface area contributed by atoms with Gasteiger partial charge in [0.25, 0.3) is 0 Å². The van der Waals surface area contributed by atoms with Crippen LogP contribution < -0.4 is 21.5 Å². The number of carbonyl (C=O) groups is 1. The number of hydrogen-bond acceptors (Lipinski definition) is 3. The van der Waals surface area contributed by atoms with E-state index in [9.17, 15) is 9.18 Å². The van der Waals surface area contributed by atoms with Crippen molar-refractivity contribution in [3.63, 3.8) is 0 Å². The molecule has 2 rings (SSSR count). The number of ether oxygens (including phenoxy) is 1. The number of benzene rings is 1. The van der Waals surface area contributed by atoms with E-state index in [4.69, 9.17) is 17.0 Å². The van der Waals surface area contributed by atoms with Crippen LogP contribution in [-0.2, 0) is 4.74 Å². The molecule has 0 bridgehead atoms. The van der Waals surface area contributed by atoms with Crippen molar-refractivity contribution < 1.29 is 13.9 Å². The van der Waals surface area contributed by atoms with E-state index in [-0.39, 0.29) is 11.9 Å². The molecule has 21 heavy (non-hydrogen) atoms. The van der Waals surface area contributed by atoms with Crippen LogP contribution in [0.5, 0.6) is 0 Å². The highest BCUT2D eigenvalue weighted by Gasteiger charge is 2.15. The molecule has 1 saturated heterocycles. The Labute approximate surface area is 127 Å². The minimum atomic E-state index is -0.497. The van der Waals surface area contributed by atoms with E-state index in [1.165, 1.54) is 24.3 Å². The topological polar surface area (TPSA) is 74.4 Å². The van der Waals surface area contributed by atoms with Gasteiger partial charge in [-0.15, -0.1) is 0 Å². The molecule has 1 fully saturated rings. The highest BCUT2D eigenvalue weighted by Crippen LogP contribution is 2.10.